The molecule has 0 aromatic heterocycles. The molecule has 1 heterocycles. The minimum atomic E-state index is -5.05. The van der Waals surface area contributed by atoms with E-state index in [2.05, 4.69) is 4.90 Å². The van der Waals surface area contributed by atoms with E-state index >= 15 is 0 Å². The molecule has 3 aromatic rings. The number of alkyl halides is 6. The van der Waals surface area contributed by atoms with Gasteiger partial charge in [0.05, 0.1) is 24.2 Å². The van der Waals surface area contributed by atoms with Crippen LogP contribution in [-0.4, -0.2) is 37.1 Å². The van der Waals surface area contributed by atoms with Gasteiger partial charge in [-0.2, -0.15) is 26.3 Å². The number of halogens is 7. The molecule has 0 N–H and O–H groups in total. The summed E-state index contributed by atoms with van der Waals surface area (Å²) in [6.45, 7) is 1.63. The van der Waals surface area contributed by atoms with E-state index in [1.54, 1.807) is 30.3 Å². The third-order valence-corrected chi connectivity index (χ3v) is 9.52. The number of rotatable bonds is 6. The molecular weight excluding hydrogens is 587 g/mol. The van der Waals surface area contributed by atoms with Gasteiger partial charge in [0, 0.05) is 11.5 Å². The van der Waals surface area contributed by atoms with Crippen LogP contribution >= 0.6 is 0 Å². The van der Waals surface area contributed by atoms with E-state index in [9.17, 15) is 35.5 Å². The lowest BCUT2D eigenvalue weighted by Crippen LogP contribution is -2.48. The number of benzene rings is 3. The normalized spacial score (nSPS) is 22.9. The smallest absolute Gasteiger partial charge is 0.416 e. The average Bonchev–Trinajstić information content (AvgIpc) is 3.01. The second-order valence-corrected chi connectivity index (χ2v) is 11.9. The molecule has 1 atom stereocenters. The summed E-state index contributed by atoms with van der Waals surface area (Å²) in [5, 5.41) is 0. The zero-order valence-corrected chi connectivity index (χ0v) is 24.2. The van der Waals surface area contributed by atoms with Crippen LogP contribution in [-0.2, 0) is 27.3 Å². The molecule has 1 saturated heterocycles. The SMILES string of the molecule is COC(=O)[C@@H](c1cc(C(F)(F)F)cc(C(F)(F)F)c1)C1(c2ccccc2)CCC(N2CCC(c3ccc(F)cc3)CC2)CC1. The fourth-order valence-corrected chi connectivity index (χ4v) is 7.27. The van der Waals surface area contributed by atoms with E-state index in [-0.39, 0.29) is 23.5 Å². The lowest BCUT2D eigenvalue weighted by atomic mass is 9.59. The molecule has 236 valence electrons. The molecule has 1 aliphatic carbocycles. The lowest BCUT2D eigenvalue weighted by molar-refractivity contribution is -0.147. The lowest BCUT2D eigenvalue weighted by Gasteiger charge is -2.48. The second kappa shape index (κ2) is 12.5. The number of likely N-dealkylation sites (tertiary alicyclic amines) is 1. The van der Waals surface area contributed by atoms with Crippen molar-refractivity contribution in [1.82, 2.24) is 4.90 Å². The third kappa shape index (κ3) is 6.65. The number of carbonyl (C=O) groups is 1. The highest BCUT2D eigenvalue weighted by Crippen LogP contribution is 2.52. The summed E-state index contributed by atoms with van der Waals surface area (Å²) in [5.41, 5.74) is -2.59. The number of piperidine rings is 1. The molecule has 0 bridgehead atoms. The van der Waals surface area contributed by atoms with Crippen LogP contribution in [0.2, 0.25) is 0 Å². The van der Waals surface area contributed by atoms with Crippen molar-refractivity contribution in [3.8, 4) is 0 Å². The highest BCUT2D eigenvalue weighted by Gasteiger charge is 2.50. The number of methoxy groups -OCH3 is 1. The maximum atomic E-state index is 13.8. The molecule has 10 heteroatoms. The van der Waals surface area contributed by atoms with Crippen LogP contribution in [0, 0.1) is 5.82 Å². The zero-order valence-electron chi connectivity index (χ0n) is 24.2. The minimum Gasteiger partial charge on any atom is -0.469 e. The number of hydrogen-bond donors (Lipinski definition) is 0. The molecule has 2 aliphatic rings. The van der Waals surface area contributed by atoms with Gasteiger partial charge in [-0.25, -0.2) is 4.39 Å². The highest BCUT2D eigenvalue weighted by atomic mass is 19.4. The molecule has 0 amide bonds. The molecule has 5 rings (SSSR count). The maximum Gasteiger partial charge on any atom is 0.416 e. The average molecular weight is 622 g/mol. The summed E-state index contributed by atoms with van der Waals surface area (Å²) in [6.07, 6.45) is -6.36. The Morgan fingerprint density at radius 2 is 1.36 bits per heavy atom. The van der Waals surface area contributed by atoms with Crippen molar-refractivity contribution in [2.24, 2.45) is 0 Å². The van der Waals surface area contributed by atoms with Crippen LogP contribution in [0.4, 0.5) is 30.7 Å². The maximum absolute atomic E-state index is 13.8. The Morgan fingerprint density at radius 3 is 1.86 bits per heavy atom. The Kier molecular flexibility index (Phi) is 9.12. The number of ether oxygens (including phenoxy) is 1. The zero-order chi connectivity index (χ0) is 31.7. The summed E-state index contributed by atoms with van der Waals surface area (Å²) in [7, 11) is 1.10. The van der Waals surface area contributed by atoms with Crippen LogP contribution in [0.15, 0.2) is 72.8 Å². The summed E-state index contributed by atoms with van der Waals surface area (Å²) >= 11 is 0. The van der Waals surface area contributed by atoms with Crippen LogP contribution in [0.3, 0.4) is 0 Å². The Morgan fingerprint density at radius 1 is 0.818 bits per heavy atom. The molecule has 0 spiro atoms. The van der Waals surface area contributed by atoms with E-state index in [0.29, 0.717) is 49.3 Å². The molecule has 2 fully saturated rings. The van der Waals surface area contributed by atoms with Gasteiger partial charge < -0.3 is 9.64 Å². The van der Waals surface area contributed by atoms with Crippen molar-refractivity contribution in [3.05, 3.63) is 106 Å². The van der Waals surface area contributed by atoms with Crippen LogP contribution < -0.4 is 0 Å². The largest absolute Gasteiger partial charge is 0.469 e. The second-order valence-electron chi connectivity index (χ2n) is 11.9. The molecule has 3 aromatic carbocycles. The minimum absolute atomic E-state index is 0.0828. The Bertz CT molecular complexity index is 1390. The van der Waals surface area contributed by atoms with Gasteiger partial charge in [-0.3, -0.25) is 4.79 Å². The van der Waals surface area contributed by atoms with E-state index in [0.717, 1.165) is 38.6 Å². The van der Waals surface area contributed by atoms with Crippen molar-refractivity contribution < 1.29 is 40.3 Å². The number of carbonyl (C=O) groups excluding carboxylic acids is 1. The number of hydrogen-bond acceptors (Lipinski definition) is 3. The Hall–Kier alpha value is -3.40. The third-order valence-electron chi connectivity index (χ3n) is 9.52. The van der Waals surface area contributed by atoms with Crippen molar-refractivity contribution in [1.29, 1.82) is 0 Å². The summed E-state index contributed by atoms with van der Waals surface area (Å²) < 4.78 is 102. The van der Waals surface area contributed by atoms with E-state index < -0.39 is 40.8 Å². The summed E-state index contributed by atoms with van der Waals surface area (Å²) in [6, 6.07) is 16.9. The Balaban J connectivity index is 1.46. The molecule has 0 radical (unpaired) electrons. The first-order valence-electron chi connectivity index (χ1n) is 14.7. The molecule has 0 unspecified atom stereocenters. The first kappa shape index (κ1) is 32.0. The van der Waals surface area contributed by atoms with Crippen LogP contribution in [0.25, 0.3) is 0 Å². The summed E-state index contributed by atoms with van der Waals surface area (Å²) in [4.78, 5) is 15.9. The predicted molar refractivity (Wildman–Crippen MR) is 152 cm³/mol. The van der Waals surface area contributed by atoms with Crippen molar-refractivity contribution >= 4 is 5.97 Å². The molecule has 44 heavy (non-hydrogen) atoms. The summed E-state index contributed by atoms with van der Waals surface area (Å²) in [5.74, 6) is -2.23. The molecular formula is C34H34F7NO2. The van der Waals surface area contributed by atoms with Gasteiger partial charge in [-0.1, -0.05) is 42.5 Å². The Labute approximate surface area is 252 Å². The fourth-order valence-electron chi connectivity index (χ4n) is 7.27. The van der Waals surface area contributed by atoms with Crippen molar-refractivity contribution in [2.75, 3.05) is 20.2 Å². The van der Waals surface area contributed by atoms with Gasteiger partial charge in [0.25, 0.3) is 0 Å². The standard InChI is InChI=1S/C34H34F7NO2/c1-44-31(43)30(24-19-26(33(36,37)38)21-27(20-24)34(39,40)41)32(25-5-3-2-4-6-25)15-11-29(12-16-32)42-17-13-23(14-18-42)22-7-9-28(35)10-8-22/h2-10,19-21,23,29-30H,11-18H2,1H3/t29?,30-,32?/m1/s1. The fraction of sp³-hybridized carbons (Fsp3) is 0.441. The van der Waals surface area contributed by atoms with Crippen LogP contribution in [0.5, 0.6) is 0 Å². The van der Waals surface area contributed by atoms with E-state index in [1.807, 2.05) is 12.1 Å². The highest BCUT2D eigenvalue weighted by molar-refractivity contribution is 5.81. The van der Waals surface area contributed by atoms with Gasteiger partial charge in [-0.05, 0) is 105 Å². The number of esters is 1. The predicted octanol–water partition coefficient (Wildman–Crippen LogP) is 8.88. The van der Waals surface area contributed by atoms with E-state index in [1.165, 1.54) is 12.1 Å². The van der Waals surface area contributed by atoms with Gasteiger partial charge in [0.15, 0.2) is 0 Å². The monoisotopic (exact) mass is 621 g/mol. The topological polar surface area (TPSA) is 29.5 Å². The van der Waals surface area contributed by atoms with Crippen LogP contribution in [0.1, 0.15) is 78.2 Å². The van der Waals surface area contributed by atoms with Gasteiger partial charge in [-0.15, -0.1) is 0 Å². The van der Waals surface area contributed by atoms with E-state index in [4.69, 9.17) is 4.74 Å². The molecule has 1 saturated carbocycles. The quantitative estimate of drug-likeness (QED) is 0.203. The molecule has 3 nitrogen and oxygen atoms in total. The molecule has 1 aliphatic heterocycles. The van der Waals surface area contributed by atoms with Gasteiger partial charge in [0.2, 0.25) is 0 Å². The van der Waals surface area contributed by atoms with Gasteiger partial charge >= 0.3 is 18.3 Å². The number of nitrogens with zero attached hydrogens (tertiary/aromatic N) is 1. The van der Waals surface area contributed by atoms with Crippen molar-refractivity contribution in [3.63, 3.8) is 0 Å². The van der Waals surface area contributed by atoms with Gasteiger partial charge in [0.1, 0.15) is 5.82 Å². The van der Waals surface area contributed by atoms with Crippen molar-refractivity contribution in [2.45, 2.75) is 74.2 Å². The first-order chi connectivity index (χ1) is 20.8. The first-order valence-corrected chi connectivity index (χ1v) is 14.7.